The van der Waals surface area contributed by atoms with Crippen molar-refractivity contribution in [3.05, 3.63) is 35.6 Å². The van der Waals surface area contributed by atoms with Gasteiger partial charge < -0.3 is 15.8 Å². The van der Waals surface area contributed by atoms with Crippen molar-refractivity contribution in [3.8, 4) is 0 Å². The number of halogens is 1. The molecule has 0 heterocycles. The van der Waals surface area contributed by atoms with Crippen molar-refractivity contribution in [1.29, 1.82) is 0 Å². The summed E-state index contributed by atoms with van der Waals surface area (Å²) in [6, 6.07) is 4.12. The SMILES string of the molecule is CC(=O)CC[C@H](NC(=O)c1cccc(F)c1)C(N)=O. The summed E-state index contributed by atoms with van der Waals surface area (Å²) in [5.41, 5.74) is 5.23. The van der Waals surface area contributed by atoms with Crippen LogP contribution in [0.2, 0.25) is 0 Å². The van der Waals surface area contributed by atoms with Gasteiger partial charge >= 0.3 is 0 Å². The van der Waals surface area contributed by atoms with Crippen LogP contribution in [0.1, 0.15) is 30.1 Å². The molecule has 0 spiro atoms. The lowest BCUT2D eigenvalue weighted by molar-refractivity contribution is -0.120. The molecule has 6 heteroatoms. The number of nitrogens with one attached hydrogen (secondary N) is 1. The molecular formula is C13H15FN2O3. The van der Waals surface area contributed by atoms with Gasteiger partial charge in [-0.1, -0.05) is 6.07 Å². The van der Waals surface area contributed by atoms with E-state index in [2.05, 4.69) is 5.32 Å². The van der Waals surface area contributed by atoms with Gasteiger partial charge in [0.05, 0.1) is 0 Å². The van der Waals surface area contributed by atoms with Gasteiger partial charge in [-0.2, -0.15) is 0 Å². The van der Waals surface area contributed by atoms with Crippen molar-refractivity contribution in [2.24, 2.45) is 5.73 Å². The summed E-state index contributed by atoms with van der Waals surface area (Å²) in [4.78, 5) is 33.8. The zero-order valence-electron chi connectivity index (χ0n) is 10.5. The molecule has 0 bridgehead atoms. The highest BCUT2D eigenvalue weighted by Crippen LogP contribution is 2.05. The van der Waals surface area contributed by atoms with E-state index >= 15 is 0 Å². The van der Waals surface area contributed by atoms with Crippen LogP contribution in [0.4, 0.5) is 4.39 Å². The maximum atomic E-state index is 13.0. The summed E-state index contributed by atoms with van der Waals surface area (Å²) < 4.78 is 13.0. The molecule has 0 saturated carbocycles. The molecule has 2 amide bonds. The van der Waals surface area contributed by atoms with Gasteiger partial charge in [-0.15, -0.1) is 0 Å². The van der Waals surface area contributed by atoms with Crippen LogP contribution in [-0.4, -0.2) is 23.6 Å². The molecule has 1 atom stereocenters. The Hall–Kier alpha value is -2.24. The van der Waals surface area contributed by atoms with E-state index in [1.807, 2.05) is 0 Å². The summed E-state index contributed by atoms with van der Waals surface area (Å²) in [6.45, 7) is 1.38. The second-order valence-electron chi connectivity index (χ2n) is 4.18. The van der Waals surface area contributed by atoms with Gasteiger partial charge in [-0.05, 0) is 31.5 Å². The van der Waals surface area contributed by atoms with Gasteiger partial charge in [0.2, 0.25) is 5.91 Å². The first-order chi connectivity index (χ1) is 8.90. The molecular weight excluding hydrogens is 251 g/mol. The first-order valence-electron chi connectivity index (χ1n) is 5.75. The van der Waals surface area contributed by atoms with E-state index in [-0.39, 0.29) is 24.2 Å². The van der Waals surface area contributed by atoms with Gasteiger partial charge in [0.1, 0.15) is 17.6 Å². The monoisotopic (exact) mass is 266 g/mol. The molecule has 0 aliphatic heterocycles. The van der Waals surface area contributed by atoms with Crippen molar-refractivity contribution >= 4 is 17.6 Å². The molecule has 0 aliphatic carbocycles. The Balaban J connectivity index is 2.71. The Morgan fingerprint density at radius 1 is 1.37 bits per heavy atom. The van der Waals surface area contributed by atoms with E-state index < -0.39 is 23.7 Å². The van der Waals surface area contributed by atoms with Gasteiger partial charge in [0.25, 0.3) is 5.91 Å². The Morgan fingerprint density at radius 2 is 2.05 bits per heavy atom. The highest BCUT2D eigenvalue weighted by Gasteiger charge is 2.19. The predicted molar refractivity (Wildman–Crippen MR) is 66.8 cm³/mol. The Morgan fingerprint density at radius 3 is 2.58 bits per heavy atom. The summed E-state index contributed by atoms with van der Waals surface area (Å²) in [5.74, 6) is -1.99. The second-order valence-corrected chi connectivity index (χ2v) is 4.18. The van der Waals surface area contributed by atoms with Gasteiger partial charge in [0, 0.05) is 12.0 Å². The smallest absolute Gasteiger partial charge is 0.252 e. The largest absolute Gasteiger partial charge is 0.368 e. The number of amides is 2. The Bertz CT molecular complexity index is 502. The van der Waals surface area contributed by atoms with Crippen molar-refractivity contribution in [2.45, 2.75) is 25.8 Å². The van der Waals surface area contributed by atoms with Crippen LogP contribution in [0.15, 0.2) is 24.3 Å². The zero-order chi connectivity index (χ0) is 14.4. The van der Waals surface area contributed by atoms with Crippen molar-refractivity contribution in [2.75, 3.05) is 0 Å². The fourth-order valence-electron chi connectivity index (χ4n) is 1.50. The van der Waals surface area contributed by atoms with Crippen LogP contribution in [0, 0.1) is 5.82 Å². The molecule has 1 aromatic carbocycles. The third kappa shape index (κ3) is 4.87. The molecule has 1 rings (SSSR count). The van der Waals surface area contributed by atoms with Crippen molar-refractivity contribution in [3.63, 3.8) is 0 Å². The number of rotatable bonds is 6. The van der Waals surface area contributed by atoms with Crippen molar-refractivity contribution in [1.82, 2.24) is 5.32 Å². The number of ketones is 1. The van der Waals surface area contributed by atoms with Crippen molar-refractivity contribution < 1.29 is 18.8 Å². The molecule has 102 valence electrons. The number of Topliss-reactive ketones (excluding diaryl/α,β-unsaturated/α-hetero) is 1. The first-order valence-corrected chi connectivity index (χ1v) is 5.75. The number of carbonyl (C=O) groups is 3. The molecule has 0 radical (unpaired) electrons. The third-order valence-corrected chi connectivity index (χ3v) is 2.52. The van der Waals surface area contributed by atoms with Gasteiger partial charge in [-0.25, -0.2) is 4.39 Å². The minimum absolute atomic E-state index is 0.0917. The maximum Gasteiger partial charge on any atom is 0.252 e. The van der Waals surface area contributed by atoms with Gasteiger partial charge in [0.15, 0.2) is 0 Å². The highest BCUT2D eigenvalue weighted by atomic mass is 19.1. The molecule has 1 aromatic rings. The lowest BCUT2D eigenvalue weighted by atomic mass is 10.1. The molecule has 0 saturated heterocycles. The molecule has 19 heavy (non-hydrogen) atoms. The topological polar surface area (TPSA) is 89.3 Å². The average Bonchev–Trinajstić information content (AvgIpc) is 2.33. The van der Waals surface area contributed by atoms with E-state index in [0.29, 0.717) is 0 Å². The maximum absolute atomic E-state index is 13.0. The number of hydrogen-bond acceptors (Lipinski definition) is 3. The lowest BCUT2D eigenvalue weighted by Gasteiger charge is -2.14. The van der Waals surface area contributed by atoms with E-state index in [1.54, 1.807) is 0 Å². The van der Waals surface area contributed by atoms with Crippen LogP contribution in [0.5, 0.6) is 0 Å². The molecule has 5 nitrogen and oxygen atoms in total. The molecule has 0 unspecified atom stereocenters. The number of hydrogen-bond donors (Lipinski definition) is 2. The predicted octanol–water partition coefficient (Wildman–Crippen LogP) is 0.779. The standard InChI is InChI=1S/C13H15FN2O3/c1-8(17)5-6-11(12(15)18)16-13(19)9-3-2-4-10(14)7-9/h2-4,7,11H,5-6H2,1H3,(H2,15,18)(H,16,19)/t11-/m0/s1. The number of carbonyl (C=O) groups excluding carboxylic acids is 3. The van der Waals surface area contributed by atoms with Crippen LogP contribution < -0.4 is 11.1 Å². The minimum Gasteiger partial charge on any atom is -0.368 e. The summed E-state index contributed by atoms with van der Waals surface area (Å²) in [5, 5.41) is 2.38. The van der Waals surface area contributed by atoms with E-state index in [4.69, 9.17) is 5.73 Å². The van der Waals surface area contributed by atoms with Crippen LogP contribution in [0.25, 0.3) is 0 Å². The molecule has 0 aromatic heterocycles. The molecule has 3 N–H and O–H groups in total. The summed E-state index contributed by atoms with van der Waals surface area (Å²) in [7, 11) is 0. The van der Waals surface area contributed by atoms with E-state index in [1.165, 1.54) is 25.1 Å². The number of nitrogens with two attached hydrogens (primary N) is 1. The first kappa shape index (κ1) is 14.8. The van der Waals surface area contributed by atoms with Gasteiger partial charge in [-0.3, -0.25) is 9.59 Å². The van der Waals surface area contributed by atoms with E-state index in [9.17, 15) is 18.8 Å². The Labute approximate surface area is 110 Å². The number of benzene rings is 1. The van der Waals surface area contributed by atoms with E-state index in [0.717, 1.165) is 6.07 Å². The quantitative estimate of drug-likeness (QED) is 0.797. The van der Waals surface area contributed by atoms with Crippen LogP contribution in [-0.2, 0) is 9.59 Å². The third-order valence-electron chi connectivity index (χ3n) is 2.52. The number of primary amides is 1. The van der Waals surface area contributed by atoms with Crippen LogP contribution in [0.3, 0.4) is 0 Å². The minimum atomic E-state index is -0.945. The lowest BCUT2D eigenvalue weighted by Crippen LogP contribution is -2.44. The summed E-state index contributed by atoms with van der Waals surface area (Å²) in [6.07, 6.45) is 0.267. The Kier molecular flexibility index (Phi) is 5.17. The average molecular weight is 266 g/mol. The fourth-order valence-corrected chi connectivity index (χ4v) is 1.50. The van der Waals surface area contributed by atoms with Crippen LogP contribution >= 0.6 is 0 Å². The normalized spacial score (nSPS) is 11.7. The fraction of sp³-hybridized carbons (Fsp3) is 0.308. The zero-order valence-corrected chi connectivity index (χ0v) is 10.5. The molecule has 0 fully saturated rings. The highest BCUT2D eigenvalue weighted by molar-refractivity contribution is 5.97. The molecule has 0 aliphatic rings. The summed E-state index contributed by atoms with van der Waals surface area (Å²) >= 11 is 0. The second kappa shape index (κ2) is 6.63.